The van der Waals surface area contributed by atoms with Gasteiger partial charge in [-0.3, -0.25) is 5.10 Å². The molecule has 1 atom stereocenters. The van der Waals surface area contributed by atoms with E-state index in [1.807, 2.05) is 12.1 Å². The van der Waals surface area contributed by atoms with Crippen molar-refractivity contribution >= 4 is 29.2 Å². The van der Waals surface area contributed by atoms with Crippen LogP contribution in [0.25, 0.3) is 11.3 Å². The summed E-state index contributed by atoms with van der Waals surface area (Å²) in [5, 5.41) is 17.9. The summed E-state index contributed by atoms with van der Waals surface area (Å²) in [6, 6.07) is 22.9. The molecule has 0 radical (unpaired) electrons. The van der Waals surface area contributed by atoms with Gasteiger partial charge in [0, 0.05) is 5.56 Å². The Morgan fingerprint density at radius 3 is 2.60 bits per heavy atom. The van der Waals surface area contributed by atoms with Crippen molar-refractivity contribution < 1.29 is 14.3 Å². The molecular weight excluding hydrogens is 487 g/mol. The van der Waals surface area contributed by atoms with Gasteiger partial charge in [-0.2, -0.15) is 5.26 Å². The molecule has 0 fully saturated rings. The Morgan fingerprint density at radius 1 is 1.06 bits per heavy atom. The first-order valence-electron chi connectivity index (χ1n) is 10.4. The number of fused-ring (bicyclic) bond motifs is 1. The second-order valence-electron chi connectivity index (χ2n) is 7.70. The highest BCUT2D eigenvalue weighted by atomic mass is 35.5. The SMILES string of the molecule is N#CC1=C(N)Oc2n[nH]c(-c3ccc(Cl)c(Cl)c3)c2[C@H]1c1cccc(OC(=O)c2ccccc2)c1. The monoisotopic (exact) mass is 502 g/mol. The first-order chi connectivity index (χ1) is 17.0. The summed E-state index contributed by atoms with van der Waals surface area (Å²) in [5.41, 5.74) is 9.25. The number of ether oxygens (including phenoxy) is 2. The summed E-state index contributed by atoms with van der Waals surface area (Å²) in [6.07, 6.45) is 0. The highest BCUT2D eigenvalue weighted by molar-refractivity contribution is 6.42. The number of hydrogen-bond acceptors (Lipinski definition) is 6. The Labute approximate surface area is 210 Å². The van der Waals surface area contributed by atoms with E-state index in [0.717, 1.165) is 0 Å². The van der Waals surface area contributed by atoms with Crippen molar-refractivity contribution in [3.63, 3.8) is 0 Å². The van der Waals surface area contributed by atoms with Crippen molar-refractivity contribution in [3.8, 4) is 29.0 Å². The Hall–Kier alpha value is -4.25. The van der Waals surface area contributed by atoms with Crippen LogP contribution in [-0.4, -0.2) is 16.2 Å². The van der Waals surface area contributed by atoms with E-state index in [2.05, 4.69) is 16.3 Å². The third-order valence-electron chi connectivity index (χ3n) is 5.56. The second kappa shape index (κ2) is 9.18. The van der Waals surface area contributed by atoms with E-state index in [9.17, 15) is 10.1 Å². The van der Waals surface area contributed by atoms with Gasteiger partial charge in [0.1, 0.15) is 17.4 Å². The molecule has 5 rings (SSSR count). The molecule has 0 spiro atoms. The number of H-pyrrole nitrogens is 1. The Balaban J connectivity index is 1.59. The first-order valence-corrected chi connectivity index (χ1v) is 11.2. The number of hydrogen-bond donors (Lipinski definition) is 2. The third-order valence-corrected chi connectivity index (χ3v) is 6.30. The Morgan fingerprint density at radius 2 is 1.86 bits per heavy atom. The Kier molecular flexibility index (Phi) is 5.91. The fourth-order valence-corrected chi connectivity index (χ4v) is 4.25. The summed E-state index contributed by atoms with van der Waals surface area (Å²) in [6.45, 7) is 0. The third kappa shape index (κ3) is 4.21. The lowest BCUT2D eigenvalue weighted by Crippen LogP contribution is -2.21. The number of rotatable bonds is 4. The number of nitrogens with two attached hydrogens (primary N) is 1. The maximum atomic E-state index is 12.6. The Bertz CT molecular complexity index is 1520. The number of aromatic nitrogens is 2. The molecule has 2 heterocycles. The standard InChI is InChI=1S/C26H16Cl2N4O3/c27-19-10-9-16(12-20(19)28)23-22-21(18(13-29)24(30)35-25(22)32-31-23)15-7-4-8-17(11-15)34-26(33)14-5-2-1-3-6-14/h1-12,21H,30H2,(H,31,32)/t21-/m0/s1. The lowest BCUT2D eigenvalue weighted by atomic mass is 9.83. The van der Waals surface area contributed by atoms with Crippen molar-refractivity contribution in [1.82, 2.24) is 10.2 Å². The molecule has 4 aromatic rings. The van der Waals surface area contributed by atoms with Gasteiger partial charge in [0.2, 0.25) is 11.8 Å². The quantitative estimate of drug-likeness (QED) is 0.268. The molecule has 172 valence electrons. The minimum Gasteiger partial charge on any atom is -0.423 e. The number of nitriles is 1. The molecule has 3 N–H and O–H groups in total. The van der Waals surface area contributed by atoms with Gasteiger partial charge in [-0.1, -0.05) is 59.6 Å². The number of carbonyl (C=O) groups is 1. The highest BCUT2D eigenvalue weighted by Gasteiger charge is 2.36. The molecule has 0 unspecified atom stereocenters. The molecule has 7 nitrogen and oxygen atoms in total. The van der Waals surface area contributed by atoms with Crippen LogP contribution < -0.4 is 15.2 Å². The van der Waals surface area contributed by atoms with E-state index < -0.39 is 11.9 Å². The predicted molar refractivity (Wildman–Crippen MR) is 131 cm³/mol. The number of allylic oxidation sites excluding steroid dienone is 1. The number of halogens is 2. The summed E-state index contributed by atoms with van der Waals surface area (Å²) < 4.78 is 11.2. The van der Waals surface area contributed by atoms with E-state index in [4.69, 9.17) is 38.4 Å². The average Bonchev–Trinajstić information content (AvgIpc) is 3.28. The molecule has 3 aromatic carbocycles. The molecule has 1 aliphatic rings. The van der Waals surface area contributed by atoms with Gasteiger partial charge in [0.05, 0.1) is 32.8 Å². The first kappa shape index (κ1) is 22.5. The lowest BCUT2D eigenvalue weighted by molar-refractivity contribution is 0.0734. The fraction of sp³-hybridized carbons (Fsp3) is 0.0385. The minimum absolute atomic E-state index is 0.0520. The van der Waals surface area contributed by atoms with Crippen LogP contribution in [0.3, 0.4) is 0 Å². The molecule has 35 heavy (non-hydrogen) atoms. The molecule has 0 aliphatic carbocycles. The lowest BCUT2D eigenvalue weighted by Gasteiger charge is -2.24. The van der Waals surface area contributed by atoms with Crippen LogP contribution in [0.15, 0.2) is 84.3 Å². The van der Waals surface area contributed by atoms with Gasteiger partial charge in [-0.05, 0) is 42.0 Å². The zero-order valence-corrected chi connectivity index (χ0v) is 19.5. The minimum atomic E-state index is -0.637. The second-order valence-corrected chi connectivity index (χ2v) is 8.51. The molecule has 9 heteroatoms. The van der Waals surface area contributed by atoms with Gasteiger partial charge in [-0.15, -0.1) is 5.10 Å². The molecule has 1 aromatic heterocycles. The van der Waals surface area contributed by atoms with E-state index in [1.165, 1.54) is 0 Å². The predicted octanol–water partition coefficient (Wildman–Crippen LogP) is 5.82. The van der Waals surface area contributed by atoms with E-state index in [-0.39, 0.29) is 17.3 Å². The number of benzene rings is 3. The van der Waals surface area contributed by atoms with Gasteiger partial charge in [-0.25, -0.2) is 4.79 Å². The molecule has 0 saturated heterocycles. The van der Waals surface area contributed by atoms with Gasteiger partial charge in [0.15, 0.2) is 0 Å². The normalized spacial score (nSPS) is 14.6. The van der Waals surface area contributed by atoms with E-state index in [0.29, 0.717) is 43.7 Å². The number of carbonyl (C=O) groups excluding carboxylic acids is 1. The van der Waals surface area contributed by atoms with Crippen molar-refractivity contribution in [2.24, 2.45) is 5.73 Å². The van der Waals surface area contributed by atoms with Gasteiger partial charge >= 0.3 is 5.97 Å². The van der Waals surface area contributed by atoms with E-state index >= 15 is 0 Å². The highest BCUT2D eigenvalue weighted by Crippen LogP contribution is 2.46. The van der Waals surface area contributed by atoms with Crippen molar-refractivity contribution in [2.45, 2.75) is 5.92 Å². The van der Waals surface area contributed by atoms with Crippen LogP contribution in [0, 0.1) is 11.3 Å². The molecule has 0 bridgehead atoms. The molecule has 1 aliphatic heterocycles. The summed E-state index contributed by atoms with van der Waals surface area (Å²) in [7, 11) is 0. The number of nitrogens with one attached hydrogen (secondary N) is 1. The smallest absolute Gasteiger partial charge is 0.343 e. The van der Waals surface area contributed by atoms with Crippen LogP contribution in [-0.2, 0) is 0 Å². The van der Waals surface area contributed by atoms with Crippen LogP contribution in [0.1, 0.15) is 27.4 Å². The molecular formula is C26H16Cl2N4O3. The fourth-order valence-electron chi connectivity index (χ4n) is 3.95. The van der Waals surface area contributed by atoms with Crippen LogP contribution in [0.2, 0.25) is 10.0 Å². The summed E-state index contributed by atoms with van der Waals surface area (Å²) in [5.74, 6) is -0.629. The largest absolute Gasteiger partial charge is 0.423 e. The van der Waals surface area contributed by atoms with Crippen LogP contribution in [0.5, 0.6) is 11.6 Å². The van der Waals surface area contributed by atoms with E-state index in [1.54, 1.807) is 60.7 Å². The topological polar surface area (TPSA) is 114 Å². The zero-order chi connectivity index (χ0) is 24.5. The summed E-state index contributed by atoms with van der Waals surface area (Å²) >= 11 is 12.3. The van der Waals surface area contributed by atoms with Crippen molar-refractivity contribution in [3.05, 3.63) is 111 Å². The van der Waals surface area contributed by atoms with Gasteiger partial charge < -0.3 is 15.2 Å². The molecule has 0 amide bonds. The molecule has 0 saturated carbocycles. The number of nitrogens with zero attached hydrogens (tertiary/aromatic N) is 2. The van der Waals surface area contributed by atoms with Crippen LogP contribution >= 0.6 is 23.2 Å². The summed E-state index contributed by atoms with van der Waals surface area (Å²) in [4.78, 5) is 12.6. The maximum Gasteiger partial charge on any atom is 0.343 e. The van der Waals surface area contributed by atoms with Crippen LogP contribution in [0.4, 0.5) is 0 Å². The van der Waals surface area contributed by atoms with Crippen molar-refractivity contribution in [2.75, 3.05) is 0 Å². The zero-order valence-electron chi connectivity index (χ0n) is 18.0. The average molecular weight is 503 g/mol. The van der Waals surface area contributed by atoms with Crippen molar-refractivity contribution in [1.29, 1.82) is 5.26 Å². The maximum absolute atomic E-state index is 12.6. The number of aromatic amines is 1. The van der Waals surface area contributed by atoms with Gasteiger partial charge in [0.25, 0.3) is 0 Å². The number of esters is 1.